The number of fused-ring (bicyclic) bond motifs is 2. The number of ether oxygens (including phenoxy) is 1. The van der Waals surface area contributed by atoms with Crippen molar-refractivity contribution >= 4 is 28.7 Å². The molecule has 1 saturated heterocycles. The van der Waals surface area contributed by atoms with Gasteiger partial charge in [-0.1, -0.05) is 30.4 Å². The second kappa shape index (κ2) is 6.61. The summed E-state index contributed by atoms with van der Waals surface area (Å²) in [7, 11) is 1.31. The number of hydrogen-bond donors (Lipinski definition) is 0. The second-order valence-electron chi connectivity index (χ2n) is 6.99. The predicted octanol–water partition coefficient (Wildman–Crippen LogP) is 2.78. The van der Waals surface area contributed by atoms with Crippen molar-refractivity contribution in [1.29, 1.82) is 0 Å². The molecule has 1 aromatic heterocycles. The van der Waals surface area contributed by atoms with E-state index in [9.17, 15) is 14.4 Å². The molecule has 2 aliphatic rings. The van der Waals surface area contributed by atoms with E-state index in [1.54, 1.807) is 0 Å². The topological polar surface area (TPSA) is 76.6 Å². The number of methoxy groups -OCH3 is 1. The Labute approximate surface area is 156 Å². The predicted molar refractivity (Wildman–Crippen MR) is 98.7 cm³/mol. The maximum Gasteiger partial charge on any atom is 0.340 e. The van der Waals surface area contributed by atoms with E-state index in [1.165, 1.54) is 12.0 Å². The first-order valence-electron chi connectivity index (χ1n) is 8.99. The molecule has 2 amide bonds. The molecule has 0 unspecified atom stereocenters. The van der Waals surface area contributed by atoms with Crippen LogP contribution in [0.25, 0.3) is 10.9 Å². The minimum atomic E-state index is -0.515. The highest BCUT2D eigenvalue weighted by Gasteiger charge is 2.47. The first-order valence-corrected chi connectivity index (χ1v) is 8.99. The van der Waals surface area contributed by atoms with Gasteiger partial charge >= 0.3 is 5.97 Å². The standard InChI is InChI=1S/C21H20N2O4/c1-12-13-7-5-6-10-16(13)22-17(18(12)21(26)27-2)11-23-19(24)14-8-3-4-9-15(14)20(23)25/h3-7,10,14-15H,8-9,11H2,1-2H3/t14-,15-/m1/s1. The summed E-state index contributed by atoms with van der Waals surface area (Å²) in [4.78, 5) is 43.8. The van der Waals surface area contributed by atoms with Gasteiger partial charge in [-0.15, -0.1) is 0 Å². The molecule has 6 heteroatoms. The Hall–Kier alpha value is -3.02. The van der Waals surface area contributed by atoms with Gasteiger partial charge in [0.25, 0.3) is 0 Å². The van der Waals surface area contributed by atoms with Crippen molar-refractivity contribution in [2.24, 2.45) is 11.8 Å². The van der Waals surface area contributed by atoms with Crippen molar-refractivity contribution < 1.29 is 19.1 Å². The number of hydrogen-bond acceptors (Lipinski definition) is 5. The van der Waals surface area contributed by atoms with Crippen LogP contribution in [0.1, 0.15) is 34.5 Å². The minimum absolute atomic E-state index is 0.0131. The Bertz CT molecular complexity index is 969. The molecule has 1 fully saturated rings. The third-order valence-corrected chi connectivity index (χ3v) is 5.52. The molecule has 2 atom stereocenters. The first-order chi connectivity index (χ1) is 13.0. The number of esters is 1. The van der Waals surface area contributed by atoms with Crippen molar-refractivity contribution in [1.82, 2.24) is 9.88 Å². The third kappa shape index (κ3) is 2.72. The van der Waals surface area contributed by atoms with Gasteiger partial charge in [-0.3, -0.25) is 14.5 Å². The fourth-order valence-electron chi connectivity index (χ4n) is 4.10. The average molecular weight is 364 g/mol. The molecule has 0 N–H and O–H groups in total. The Balaban J connectivity index is 1.78. The van der Waals surface area contributed by atoms with Gasteiger partial charge in [0, 0.05) is 5.39 Å². The van der Waals surface area contributed by atoms with E-state index in [0.29, 0.717) is 24.1 Å². The summed E-state index contributed by atoms with van der Waals surface area (Å²) in [5, 5.41) is 0.846. The Morgan fingerprint density at radius 3 is 2.41 bits per heavy atom. The van der Waals surface area contributed by atoms with Crippen LogP contribution in [-0.4, -0.2) is 34.8 Å². The molecule has 27 heavy (non-hydrogen) atoms. The van der Waals surface area contributed by atoms with Gasteiger partial charge in [0.2, 0.25) is 11.8 Å². The highest BCUT2D eigenvalue weighted by atomic mass is 16.5. The van der Waals surface area contributed by atoms with Crippen LogP contribution in [0.4, 0.5) is 0 Å². The van der Waals surface area contributed by atoms with Crippen LogP contribution in [0.5, 0.6) is 0 Å². The maximum absolute atomic E-state index is 12.8. The zero-order valence-electron chi connectivity index (χ0n) is 15.3. The zero-order valence-corrected chi connectivity index (χ0v) is 15.3. The van der Waals surface area contributed by atoms with Crippen molar-refractivity contribution in [3.05, 3.63) is 53.2 Å². The summed E-state index contributed by atoms with van der Waals surface area (Å²) in [5.74, 6) is -1.48. The summed E-state index contributed by atoms with van der Waals surface area (Å²) < 4.78 is 4.94. The molecule has 138 valence electrons. The van der Waals surface area contributed by atoms with Crippen LogP contribution in [0, 0.1) is 18.8 Å². The van der Waals surface area contributed by atoms with E-state index in [0.717, 1.165) is 16.5 Å². The number of rotatable bonds is 3. The number of benzene rings is 1. The number of allylic oxidation sites excluding steroid dienone is 2. The molecule has 4 rings (SSSR count). The van der Waals surface area contributed by atoms with Gasteiger partial charge in [0.15, 0.2) is 0 Å². The molecule has 1 aromatic carbocycles. The Morgan fingerprint density at radius 2 is 1.78 bits per heavy atom. The van der Waals surface area contributed by atoms with E-state index >= 15 is 0 Å². The molecule has 0 radical (unpaired) electrons. The van der Waals surface area contributed by atoms with E-state index in [-0.39, 0.29) is 30.2 Å². The number of carbonyl (C=O) groups is 3. The summed E-state index contributed by atoms with van der Waals surface area (Å²) in [6, 6.07) is 7.48. The van der Waals surface area contributed by atoms with Crippen LogP contribution < -0.4 is 0 Å². The minimum Gasteiger partial charge on any atom is -0.465 e. The fraction of sp³-hybridized carbons (Fsp3) is 0.333. The molecule has 0 saturated carbocycles. The highest BCUT2D eigenvalue weighted by molar-refractivity contribution is 6.06. The molecule has 6 nitrogen and oxygen atoms in total. The van der Waals surface area contributed by atoms with E-state index in [4.69, 9.17) is 4.74 Å². The van der Waals surface area contributed by atoms with Gasteiger partial charge in [-0.25, -0.2) is 9.78 Å². The second-order valence-corrected chi connectivity index (χ2v) is 6.99. The van der Waals surface area contributed by atoms with Crippen LogP contribution in [0.2, 0.25) is 0 Å². The van der Waals surface area contributed by atoms with Gasteiger partial charge in [0.1, 0.15) is 0 Å². The lowest BCUT2D eigenvalue weighted by Gasteiger charge is -2.18. The maximum atomic E-state index is 12.8. The summed E-state index contributed by atoms with van der Waals surface area (Å²) >= 11 is 0. The lowest BCUT2D eigenvalue weighted by atomic mass is 9.85. The van der Waals surface area contributed by atoms with E-state index in [2.05, 4.69) is 4.98 Å². The number of carbonyl (C=O) groups excluding carboxylic acids is 3. The lowest BCUT2D eigenvalue weighted by molar-refractivity contribution is -0.140. The Kier molecular flexibility index (Phi) is 4.26. The van der Waals surface area contributed by atoms with Gasteiger partial charge in [-0.05, 0) is 31.4 Å². The molecular weight excluding hydrogens is 344 g/mol. The number of amides is 2. The average Bonchev–Trinajstić information content (AvgIpc) is 2.93. The number of pyridine rings is 1. The van der Waals surface area contributed by atoms with Crippen molar-refractivity contribution in [2.45, 2.75) is 26.3 Å². The third-order valence-electron chi connectivity index (χ3n) is 5.52. The summed E-state index contributed by atoms with van der Waals surface area (Å²) in [6.07, 6.45) is 5.07. The number of aryl methyl sites for hydroxylation is 1. The van der Waals surface area contributed by atoms with Crippen LogP contribution in [-0.2, 0) is 20.9 Å². The largest absolute Gasteiger partial charge is 0.465 e. The van der Waals surface area contributed by atoms with Crippen LogP contribution in [0.3, 0.4) is 0 Å². The number of nitrogens with zero attached hydrogens (tertiary/aromatic N) is 2. The van der Waals surface area contributed by atoms with Crippen LogP contribution in [0.15, 0.2) is 36.4 Å². The summed E-state index contributed by atoms with van der Waals surface area (Å²) in [6.45, 7) is 1.82. The van der Waals surface area contributed by atoms with Gasteiger partial charge < -0.3 is 4.74 Å². The number of aromatic nitrogens is 1. The fourth-order valence-corrected chi connectivity index (χ4v) is 4.10. The van der Waals surface area contributed by atoms with Gasteiger partial charge in [-0.2, -0.15) is 0 Å². The number of para-hydroxylation sites is 1. The molecule has 0 spiro atoms. The van der Waals surface area contributed by atoms with Crippen molar-refractivity contribution in [2.75, 3.05) is 7.11 Å². The van der Waals surface area contributed by atoms with Crippen molar-refractivity contribution in [3.8, 4) is 0 Å². The molecule has 2 heterocycles. The molecule has 1 aliphatic heterocycles. The number of likely N-dealkylation sites (tertiary alicyclic amines) is 1. The van der Waals surface area contributed by atoms with E-state index < -0.39 is 5.97 Å². The zero-order chi connectivity index (χ0) is 19.1. The monoisotopic (exact) mass is 364 g/mol. The Morgan fingerprint density at radius 1 is 1.15 bits per heavy atom. The SMILES string of the molecule is COC(=O)c1c(CN2C(=O)[C@@H]3CC=CC[C@H]3C2=O)nc2ccccc2c1C. The van der Waals surface area contributed by atoms with Gasteiger partial charge in [0.05, 0.1) is 42.3 Å². The quantitative estimate of drug-likeness (QED) is 0.475. The first kappa shape index (κ1) is 17.4. The molecule has 1 aliphatic carbocycles. The molecule has 0 bridgehead atoms. The molecule has 2 aromatic rings. The normalized spacial score (nSPS) is 21.6. The smallest absolute Gasteiger partial charge is 0.340 e. The van der Waals surface area contributed by atoms with E-state index in [1.807, 2.05) is 43.3 Å². The highest BCUT2D eigenvalue weighted by Crippen LogP contribution is 2.36. The summed E-state index contributed by atoms with van der Waals surface area (Å²) in [5.41, 5.74) is 2.17. The van der Waals surface area contributed by atoms with Crippen molar-refractivity contribution in [3.63, 3.8) is 0 Å². The lowest BCUT2D eigenvalue weighted by Crippen LogP contribution is -2.32. The van der Waals surface area contributed by atoms with Crippen LogP contribution >= 0.6 is 0 Å². The number of imide groups is 1. The molecular formula is C21H20N2O4.